The number of nitrogens with one attached hydrogen (secondary N) is 1. The molecule has 0 aromatic carbocycles. The summed E-state index contributed by atoms with van der Waals surface area (Å²) in [6.07, 6.45) is 4.72. The number of carboxylic acid groups (broad SMARTS) is 1. The topological polar surface area (TPSA) is 87.5 Å². The molecule has 1 atom stereocenters. The number of carboxylic acids is 1. The summed E-state index contributed by atoms with van der Waals surface area (Å²) in [5.74, 6) is -0.373. The number of hydrogen-bond acceptors (Lipinski definition) is 3. The van der Waals surface area contributed by atoms with Crippen molar-refractivity contribution in [2.24, 2.45) is 13.0 Å². The minimum atomic E-state index is -0.803. The fourth-order valence-electron chi connectivity index (χ4n) is 1.69. The molecule has 0 aliphatic heterocycles. The van der Waals surface area contributed by atoms with Crippen LogP contribution in [0.25, 0.3) is 0 Å². The zero-order chi connectivity index (χ0) is 15.1. The summed E-state index contributed by atoms with van der Waals surface area (Å²) >= 11 is 0. The van der Waals surface area contributed by atoms with Crippen molar-refractivity contribution in [2.75, 3.05) is 13.6 Å². The van der Waals surface area contributed by atoms with Gasteiger partial charge in [0.15, 0.2) is 0 Å². The summed E-state index contributed by atoms with van der Waals surface area (Å²) in [7, 11) is 3.57. The number of imidazole rings is 1. The van der Waals surface area contributed by atoms with E-state index in [1.807, 2.05) is 17.8 Å². The molecule has 112 valence electrons. The van der Waals surface area contributed by atoms with E-state index >= 15 is 0 Å². The van der Waals surface area contributed by atoms with Gasteiger partial charge in [-0.25, -0.2) is 9.78 Å². The smallest absolute Gasteiger partial charge is 0.317 e. The maximum Gasteiger partial charge on any atom is 0.317 e. The third-order valence-electron chi connectivity index (χ3n) is 3.16. The average Bonchev–Trinajstić information content (AvgIpc) is 2.79. The van der Waals surface area contributed by atoms with Gasteiger partial charge < -0.3 is 19.9 Å². The molecule has 1 aromatic rings. The van der Waals surface area contributed by atoms with E-state index in [1.165, 1.54) is 0 Å². The predicted molar refractivity (Wildman–Crippen MR) is 74.1 cm³/mol. The number of aromatic nitrogens is 2. The third kappa shape index (κ3) is 4.91. The second kappa shape index (κ2) is 7.52. The summed E-state index contributed by atoms with van der Waals surface area (Å²) in [5, 5.41) is 11.5. The Hall–Kier alpha value is -2.05. The normalized spacial score (nSPS) is 11.9. The van der Waals surface area contributed by atoms with E-state index in [1.54, 1.807) is 25.1 Å². The van der Waals surface area contributed by atoms with Crippen LogP contribution in [0.4, 0.5) is 4.79 Å². The molecule has 0 spiro atoms. The van der Waals surface area contributed by atoms with Crippen molar-refractivity contribution in [1.29, 1.82) is 0 Å². The third-order valence-corrected chi connectivity index (χ3v) is 3.16. The Morgan fingerprint density at radius 1 is 1.55 bits per heavy atom. The van der Waals surface area contributed by atoms with Gasteiger partial charge >= 0.3 is 12.0 Å². The molecule has 0 aliphatic carbocycles. The zero-order valence-electron chi connectivity index (χ0n) is 12.2. The first-order chi connectivity index (χ1) is 9.41. The van der Waals surface area contributed by atoms with E-state index in [2.05, 4.69) is 10.3 Å². The number of hydrogen-bond donors (Lipinski definition) is 2. The number of urea groups is 1. The molecule has 0 bridgehead atoms. The van der Waals surface area contributed by atoms with Crippen LogP contribution in [0.2, 0.25) is 0 Å². The van der Waals surface area contributed by atoms with Crippen molar-refractivity contribution in [2.45, 2.75) is 26.3 Å². The zero-order valence-corrected chi connectivity index (χ0v) is 12.2. The molecule has 0 saturated heterocycles. The van der Waals surface area contributed by atoms with Crippen LogP contribution in [-0.2, 0) is 18.4 Å². The molecular formula is C13H22N4O3. The van der Waals surface area contributed by atoms with Crippen molar-refractivity contribution in [1.82, 2.24) is 19.8 Å². The fourth-order valence-corrected chi connectivity index (χ4v) is 1.69. The van der Waals surface area contributed by atoms with Gasteiger partial charge in [-0.3, -0.25) is 4.79 Å². The van der Waals surface area contributed by atoms with E-state index in [4.69, 9.17) is 5.11 Å². The molecule has 7 nitrogen and oxygen atoms in total. The number of aryl methyl sites for hydroxylation is 1. The summed E-state index contributed by atoms with van der Waals surface area (Å²) < 4.78 is 1.86. The number of carbonyl (C=O) groups excluding carboxylic acids is 1. The largest absolute Gasteiger partial charge is 0.481 e. The van der Waals surface area contributed by atoms with Crippen LogP contribution in [0.3, 0.4) is 0 Å². The average molecular weight is 282 g/mol. The second-order valence-corrected chi connectivity index (χ2v) is 4.92. The Labute approximate surface area is 118 Å². The van der Waals surface area contributed by atoms with E-state index in [0.717, 1.165) is 5.82 Å². The molecule has 0 saturated carbocycles. The highest BCUT2D eigenvalue weighted by molar-refractivity contribution is 5.73. The van der Waals surface area contributed by atoms with Gasteiger partial charge in [0.05, 0.1) is 12.5 Å². The lowest BCUT2D eigenvalue weighted by Crippen LogP contribution is -2.37. The molecule has 20 heavy (non-hydrogen) atoms. The Kier molecular flexibility index (Phi) is 6.02. The van der Waals surface area contributed by atoms with Gasteiger partial charge in [0.2, 0.25) is 0 Å². The van der Waals surface area contributed by atoms with Crippen LogP contribution >= 0.6 is 0 Å². The molecule has 7 heteroatoms. The van der Waals surface area contributed by atoms with E-state index < -0.39 is 5.97 Å². The van der Waals surface area contributed by atoms with Gasteiger partial charge in [-0.15, -0.1) is 0 Å². The molecule has 0 fully saturated rings. The number of carbonyl (C=O) groups is 2. The van der Waals surface area contributed by atoms with Crippen LogP contribution in [0.15, 0.2) is 12.4 Å². The van der Waals surface area contributed by atoms with Gasteiger partial charge in [0.1, 0.15) is 5.82 Å². The van der Waals surface area contributed by atoms with Gasteiger partial charge in [0, 0.05) is 33.0 Å². The predicted octanol–water partition coefficient (Wildman–Crippen LogP) is 1.06. The van der Waals surface area contributed by atoms with Crippen LogP contribution in [-0.4, -0.2) is 45.2 Å². The van der Waals surface area contributed by atoms with Crippen molar-refractivity contribution >= 4 is 12.0 Å². The lowest BCUT2D eigenvalue weighted by Gasteiger charge is -2.17. The van der Waals surface area contributed by atoms with Crippen molar-refractivity contribution in [3.8, 4) is 0 Å². The first-order valence-electron chi connectivity index (χ1n) is 6.59. The Balaban J connectivity index is 2.25. The maximum atomic E-state index is 11.8. The highest BCUT2D eigenvalue weighted by Crippen LogP contribution is 2.04. The molecule has 1 unspecified atom stereocenters. The first-order valence-corrected chi connectivity index (χ1v) is 6.59. The molecule has 1 rings (SSSR count). The van der Waals surface area contributed by atoms with Crippen molar-refractivity contribution in [3.63, 3.8) is 0 Å². The second-order valence-electron chi connectivity index (χ2n) is 4.92. The van der Waals surface area contributed by atoms with Gasteiger partial charge in [0.25, 0.3) is 0 Å². The molecule has 2 N–H and O–H groups in total. The standard InChI is InChI=1S/C13H22N4O3/c1-10(12(18)19)5-4-6-15-13(20)17(3)9-11-14-7-8-16(11)2/h7-8,10H,4-6,9H2,1-3H3,(H,15,20)(H,18,19). The van der Waals surface area contributed by atoms with Crippen LogP contribution in [0.1, 0.15) is 25.6 Å². The molecule has 0 aliphatic rings. The minimum absolute atomic E-state index is 0.184. The number of rotatable bonds is 7. The SMILES string of the molecule is CC(CCCNC(=O)N(C)Cc1nccn1C)C(=O)O. The first kappa shape index (κ1) is 16.0. The van der Waals surface area contributed by atoms with Gasteiger partial charge in [-0.1, -0.05) is 6.92 Å². The minimum Gasteiger partial charge on any atom is -0.481 e. The van der Waals surface area contributed by atoms with Gasteiger partial charge in [-0.05, 0) is 12.8 Å². The highest BCUT2D eigenvalue weighted by Gasteiger charge is 2.12. The molecule has 1 heterocycles. The van der Waals surface area contributed by atoms with Crippen LogP contribution in [0, 0.1) is 5.92 Å². The number of nitrogens with zero attached hydrogens (tertiary/aromatic N) is 3. The summed E-state index contributed by atoms with van der Waals surface area (Å²) in [4.78, 5) is 28.2. The lowest BCUT2D eigenvalue weighted by molar-refractivity contribution is -0.141. The quantitative estimate of drug-likeness (QED) is 0.732. The Bertz CT molecular complexity index is 458. The van der Waals surface area contributed by atoms with Crippen molar-refractivity contribution in [3.05, 3.63) is 18.2 Å². The number of aliphatic carboxylic acids is 1. The van der Waals surface area contributed by atoms with Gasteiger partial charge in [-0.2, -0.15) is 0 Å². The summed E-state index contributed by atoms with van der Waals surface area (Å²) in [5.41, 5.74) is 0. The van der Waals surface area contributed by atoms with Crippen LogP contribution < -0.4 is 5.32 Å². The van der Waals surface area contributed by atoms with E-state index in [0.29, 0.717) is 25.9 Å². The van der Waals surface area contributed by atoms with Crippen molar-refractivity contribution < 1.29 is 14.7 Å². The summed E-state index contributed by atoms with van der Waals surface area (Å²) in [6.45, 7) is 2.57. The Morgan fingerprint density at radius 2 is 2.25 bits per heavy atom. The number of amides is 2. The maximum absolute atomic E-state index is 11.8. The molecule has 2 amide bonds. The molecular weight excluding hydrogens is 260 g/mol. The Morgan fingerprint density at radius 3 is 2.80 bits per heavy atom. The van der Waals surface area contributed by atoms with E-state index in [-0.39, 0.29) is 11.9 Å². The van der Waals surface area contributed by atoms with Crippen LogP contribution in [0.5, 0.6) is 0 Å². The molecule has 0 radical (unpaired) electrons. The monoisotopic (exact) mass is 282 g/mol. The van der Waals surface area contributed by atoms with E-state index in [9.17, 15) is 9.59 Å². The summed E-state index contributed by atoms with van der Waals surface area (Å²) in [6, 6.07) is -0.184. The molecule has 1 aromatic heterocycles. The lowest BCUT2D eigenvalue weighted by atomic mass is 10.1. The highest BCUT2D eigenvalue weighted by atomic mass is 16.4. The fraction of sp³-hybridized carbons (Fsp3) is 0.615.